The van der Waals surface area contributed by atoms with Crippen LogP contribution < -0.4 is 5.32 Å². The van der Waals surface area contributed by atoms with Gasteiger partial charge in [-0.15, -0.1) is 0 Å². The van der Waals surface area contributed by atoms with Crippen molar-refractivity contribution in [1.29, 1.82) is 0 Å². The maximum absolute atomic E-state index is 9.68. The summed E-state index contributed by atoms with van der Waals surface area (Å²) in [5.41, 5.74) is 0.463. The van der Waals surface area contributed by atoms with Gasteiger partial charge in [0.15, 0.2) is 0 Å². The van der Waals surface area contributed by atoms with Crippen molar-refractivity contribution in [3.8, 4) is 0 Å². The van der Waals surface area contributed by atoms with Crippen molar-refractivity contribution >= 4 is 0 Å². The minimum atomic E-state index is 0.333. The van der Waals surface area contributed by atoms with Gasteiger partial charge in [-0.1, -0.05) is 33.1 Å². The Morgan fingerprint density at radius 1 is 1.25 bits per heavy atom. The monoisotopic (exact) mass is 282 g/mol. The standard InChI is InChI=1S/C17H34N2O/c1-3-10-18-13-17(8-5-4-6-9-17)14-19-11-7-15(2)16(19)12-20/h15-16,18,20H,3-14H2,1-2H3. The van der Waals surface area contributed by atoms with E-state index in [-0.39, 0.29) is 0 Å². The molecule has 0 bridgehead atoms. The van der Waals surface area contributed by atoms with E-state index >= 15 is 0 Å². The van der Waals surface area contributed by atoms with E-state index in [0.717, 1.165) is 6.54 Å². The zero-order valence-corrected chi connectivity index (χ0v) is 13.5. The molecule has 2 aliphatic rings. The molecule has 2 fully saturated rings. The second-order valence-corrected chi connectivity index (χ2v) is 7.22. The summed E-state index contributed by atoms with van der Waals surface area (Å²) < 4.78 is 0. The van der Waals surface area contributed by atoms with Crippen molar-refractivity contribution in [2.24, 2.45) is 11.3 Å². The highest BCUT2D eigenvalue weighted by Gasteiger charge is 2.38. The average Bonchev–Trinajstić information content (AvgIpc) is 2.80. The summed E-state index contributed by atoms with van der Waals surface area (Å²) in [6.07, 6.45) is 9.40. The molecule has 0 spiro atoms. The van der Waals surface area contributed by atoms with Crippen molar-refractivity contribution in [3.05, 3.63) is 0 Å². The topological polar surface area (TPSA) is 35.5 Å². The smallest absolute Gasteiger partial charge is 0.0589 e. The molecule has 1 aliphatic carbocycles. The fourth-order valence-corrected chi connectivity index (χ4v) is 4.23. The third-order valence-electron chi connectivity index (χ3n) is 5.56. The molecule has 2 rings (SSSR count). The van der Waals surface area contributed by atoms with E-state index in [0.29, 0.717) is 24.0 Å². The van der Waals surface area contributed by atoms with Crippen molar-refractivity contribution in [1.82, 2.24) is 10.2 Å². The molecule has 1 heterocycles. The summed E-state index contributed by atoms with van der Waals surface area (Å²) in [5, 5.41) is 13.4. The van der Waals surface area contributed by atoms with Crippen molar-refractivity contribution in [3.63, 3.8) is 0 Å². The summed E-state index contributed by atoms with van der Waals surface area (Å²) in [6.45, 7) is 9.56. The van der Waals surface area contributed by atoms with Crippen LogP contribution in [0, 0.1) is 11.3 Å². The molecule has 0 amide bonds. The van der Waals surface area contributed by atoms with Crippen LogP contribution in [-0.4, -0.2) is 48.8 Å². The predicted molar refractivity (Wildman–Crippen MR) is 84.9 cm³/mol. The third-order valence-corrected chi connectivity index (χ3v) is 5.56. The predicted octanol–water partition coefficient (Wildman–Crippen LogP) is 2.64. The Balaban J connectivity index is 1.96. The number of nitrogens with one attached hydrogen (secondary N) is 1. The van der Waals surface area contributed by atoms with Crippen LogP contribution in [0.25, 0.3) is 0 Å². The van der Waals surface area contributed by atoms with Gasteiger partial charge in [-0.05, 0) is 50.1 Å². The summed E-state index contributed by atoms with van der Waals surface area (Å²) in [7, 11) is 0. The lowest BCUT2D eigenvalue weighted by atomic mass is 9.73. The lowest BCUT2D eigenvalue weighted by Gasteiger charge is -2.42. The number of nitrogens with zero attached hydrogens (tertiary/aromatic N) is 1. The molecule has 118 valence electrons. The molecule has 1 aliphatic heterocycles. The van der Waals surface area contributed by atoms with E-state index in [4.69, 9.17) is 0 Å². The van der Waals surface area contributed by atoms with Gasteiger partial charge >= 0.3 is 0 Å². The number of hydrogen-bond acceptors (Lipinski definition) is 3. The molecule has 2 atom stereocenters. The van der Waals surface area contributed by atoms with Crippen LogP contribution in [-0.2, 0) is 0 Å². The van der Waals surface area contributed by atoms with Crippen LogP contribution in [0.2, 0.25) is 0 Å². The zero-order valence-electron chi connectivity index (χ0n) is 13.5. The maximum atomic E-state index is 9.68. The fraction of sp³-hybridized carbons (Fsp3) is 1.00. The molecule has 0 aromatic rings. The Labute approximate surface area is 125 Å². The van der Waals surface area contributed by atoms with Gasteiger partial charge in [0, 0.05) is 19.1 Å². The second kappa shape index (κ2) is 7.77. The van der Waals surface area contributed by atoms with E-state index < -0.39 is 0 Å². The lowest BCUT2D eigenvalue weighted by Crippen LogP contribution is -2.48. The highest BCUT2D eigenvalue weighted by atomic mass is 16.3. The zero-order chi connectivity index (χ0) is 14.4. The third kappa shape index (κ3) is 3.96. The van der Waals surface area contributed by atoms with E-state index in [2.05, 4.69) is 24.1 Å². The highest BCUT2D eigenvalue weighted by molar-refractivity contribution is 4.93. The van der Waals surface area contributed by atoms with Gasteiger partial charge in [0.2, 0.25) is 0 Å². The fourth-order valence-electron chi connectivity index (χ4n) is 4.23. The molecule has 2 N–H and O–H groups in total. The molecule has 2 unspecified atom stereocenters. The van der Waals surface area contributed by atoms with Gasteiger partial charge in [0.05, 0.1) is 6.61 Å². The van der Waals surface area contributed by atoms with Gasteiger partial charge in [0.25, 0.3) is 0 Å². The SMILES string of the molecule is CCCNCC1(CN2CCC(C)C2CO)CCCCC1. The van der Waals surface area contributed by atoms with Gasteiger partial charge in [-0.2, -0.15) is 0 Å². The minimum Gasteiger partial charge on any atom is -0.395 e. The Bertz CT molecular complexity index is 276. The van der Waals surface area contributed by atoms with Crippen molar-refractivity contribution < 1.29 is 5.11 Å². The largest absolute Gasteiger partial charge is 0.395 e. The quantitative estimate of drug-likeness (QED) is 0.705. The molecule has 0 radical (unpaired) electrons. The summed E-state index contributed by atoms with van der Waals surface area (Å²) in [4.78, 5) is 2.59. The van der Waals surface area contributed by atoms with Gasteiger partial charge in [0.1, 0.15) is 0 Å². The maximum Gasteiger partial charge on any atom is 0.0589 e. The molecule has 3 heteroatoms. The highest BCUT2D eigenvalue weighted by Crippen LogP contribution is 2.38. The van der Waals surface area contributed by atoms with Crippen LogP contribution in [0.3, 0.4) is 0 Å². The first-order valence-electron chi connectivity index (χ1n) is 8.76. The van der Waals surface area contributed by atoms with Crippen LogP contribution in [0.4, 0.5) is 0 Å². The van der Waals surface area contributed by atoms with Crippen LogP contribution in [0.15, 0.2) is 0 Å². The van der Waals surface area contributed by atoms with Crippen molar-refractivity contribution in [2.75, 3.05) is 32.8 Å². The Kier molecular flexibility index (Phi) is 6.31. The Morgan fingerprint density at radius 3 is 2.65 bits per heavy atom. The number of hydrogen-bond donors (Lipinski definition) is 2. The molecule has 0 aromatic carbocycles. The molecule has 1 saturated carbocycles. The normalized spacial score (nSPS) is 30.8. The second-order valence-electron chi connectivity index (χ2n) is 7.22. The first kappa shape index (κ1) is 16.3. The Hall–Kier alpha value is -0.120. The van der Waals surface area contributed by atoms with Crippen LogP contribution >= 0.6 is 0 Å². The molecule has 0 aromatic heterocycles. The van der Waals surface area contributed by atoms with E-state index in [1.807, 2.05) is 0 Å². The molecular formula is C17H34N2O. The van der Waals surface area contributed by atoms with Crippen molar-refractivity contribution in [2.45, 2.75) is 64.8 Å². The molecule has 1 saturated heterocycles. The number of likely N-dealkylation sites (tertiary alicyclic amines) is 1. The minimum absolute atomic E-state index is 0.333. The van der Waals surface area contributed by atoms with Gasteiger partial charge in [-0.25, -0.2) is 0 Å². The van der Waals surface area contributed by atoms with Crippen LogP contribution in [0.5, 0.6) is 0 Å². The van der Waals surface area contributed by atoms with E-state index in [1.165, 1.54) is 64.6 Å². The molecule has 3 nitrogen and oxygen atoms in total. The molecular weight excluding hydrogens is 248 g/mol. The Morgan fingerprint density at radius 2 is 2.00 bits per heavy atom. The number of aliphatic hydroxyl groups is 1. The van der Waals surface area contributed by atoms with E-state index in [1.54, 1.807) is 0 Å². The number of rotatable bonds is 7. The summed E-state index contributed by atoms with van der Waals surface area (Å²) in [5.74, 6) is 0.657. The van der Waals surface area contributed by atoms with Crippen LogP contribution in [0.1, 0.15) is 58.8 Å². The van der Waals surface area contributed by atoms with E-state index in [9.17, 15) is 5.11 Å². The van der Waals surface area contributed by atoms with Gasteiger partial charge in [-0.3, -0.25) is 4.90 Å². The molecule has 20 heavy (non-hydrogen) atoms. The first-order chi connectivity index (χ1) is 9.71. The summed E-state index contributed by atoms with van der Waals surface area (Å²) in [6, 6.07) is 0.403. The first-order valence-corrected chi connectivity index (χ1v) is 8.76. The average molecular weight is 282 g/mol. The lowest BCUT2D eigenvalue weighted by molar-refractivity contribution is 0.0655. The number of aliphatic hydroxyl groups excluding tert-OH is 1. The van der Waals surface area contributed by atoms with Gasteiger partial charge < -0.3 is 10.4 Å². The summed E-state index contributed by atoms with van der Waals surface area (Å²) >= 11 is 0.